The van der Waals surface area contributed by atoms with Crippen LogP contribution in [-0.2, 0) is 11.3 Å². The minimum atomic E-state index is -0.152. The normalized spacial score (nSPS) is 19.8. The summed E-state index contributed by atoms with van der Waals surface area (Å²) in [5.41, 5.74) is 2.16. The Morgan fingerprint density at radius 3 is 2.51 bits per heavy atom. The van der Waals surface area contributed by atoms with E-state index in [1.807, 2.05) is 47.4 Å². The van der Waals surface area contributed by atoms with Gasteiger partial charge in [0.15, 0.2) is 11.5 Å². The van der Waals surface area contributed by atoms with Crippen LogP contribution in [0.4, 0.5) is 5.82 Å². The standard InChI is InChI=1S/C28H35N5O2/c34-27(30-23-14-7-2-1-3-8-15-23)22-13-10-18-32(20-22)26-28(35)33(19-21-11-5-4-6-12-21)25-24(31-26)16-9-17-29-25/h4-6,9,11-12,16-17,22-23H,1-3,7-8,10,13-15,18-20H2,(H,30,34)/t22-/m0/s1. The predicted octanol–water partition coefficient (Wildman–Crippen LogP) is 4.29. The van der Waals surface area contributed by atoms with Crippen molar-refractivity contribution in [3.8, 4) is 0 Å². The maximum absolute atomic E-state index is 13.7. The Kier molecular flexibility index (Phi) is 7.40. The number of pyridine rings is 1. The predicted molar refractivity (Wildman–Crippen MR) is 139 cm³/mol. The zero-order chi connectivity index (χ0) is 24.0. The monoisotopic (exact) mass is 473 g/mol. The fourth-order valence-electron chi connectivity index (χ4n) is 5.48. The quantitative estimate of drug-likeness (QED) is 0.598. The Hall–Kier alpha value is -3.22. The fraction of sp³-hybridized carbons (Fsp3) is 0.500. The van der Waals surface area contributed by atoms with E-state index in [4.69, 9.17) is 4.98 Å². The van der Waals surface area contributed by atoms with Crippen LogP contribution < -0.4 is 15.8 Å². The van der Waals surface area contributed by atoms with Gasteiger partial charge in [0.05, 0.1) is 12.5 Å². The van der Waals surface area contributed by atoms with Crippen molar-refractivity contribution in [3.05, 3.63) is 64.6 Å². The summed E-state index contributed by atoms with van der Waals surface area (Å²) in [6.07, 6.45) is 11.8. The van der Waals surface area contributed by atoms with E-state index < -0.39 is 0 Å². The van der Waals surface area contributed by atoms with Gasteiger partial charge in [-0.1, -0.05) is 62.4 Å². The number of rotatable bonds is 5. The molecule has 35 heavy (non-hydrogen) atoms. The van der Waals surface area contributed by atoms with Crippen molar-refractivity contribution in [1.82, 2.24) is 19.9 Å². The Labute approximate surface area is 206 Å². The van der Waals surface area contributed by atoms with Crippen molar-refractivity contribution in [1.29, 1.82) is 0 Å². The Bertz CT molecular complexity index is 1200. The van der Waals surface area contributed by atoms with Gasteiger partial charge in [0.1, 0.15) is 5.52 Å². The first kappa shape index (κ1) is 23.5. The van der Waals surface area contributed by atoms with Crippen molar-refractivity contribution in [2.24, 2.45) is 5.92 Å². The maximum Gasteiger partial charge on any atom is 0.295 e. The molecule has 1 N–H and O–H groups in total. The maximum atomic E-state index is 13.7. The van der Waals surface area contributed by atoms with Crippen LogP contribution in [0.15, 0.2) is 53.5 Å². The molecule has 184 valence electrons. The lowest BCUT2D eigenvalue weighted by molar-refractivity contribution is -0.126. The van der Waals surface area contributed by atoms with E-state index in [1.165, 1.54) is 32.1 Å². The summed E-state index contributed by atoms with van der Waals surface area (Å²) >= 11 is 0. The number of hydrogen-bond acceptors (Lipinski definition) is 5. The molecule has 2 aromatic heterocycles. The zero-order valence-corrected chi connectivity index (χ0v) is 20.4. The third-order valence-electron chi connectivity index (χ3n) is 7.41. The summed E-state index contributed by atoms with van der Waals surface area (Å²) in [7, 11) is 0. The molecule has 0 spiro atoms. The number of carbonyl (C=O) groups is 1. The van der Waals surface area contributed by atoms with Crippen LogP contribution in [0.1, 0.15) is 63.4 Å². The smallest absolute Gasteiger partial charge is 0.295 e. The van der Waals surface area contributed by atoms with Gasteiger partial charge in [0, 0.05) is 25.3 Å². The largest absolute Gasteiger partial charge is 0.353 e. The zero-order valence-electron chi connectivity index (χ0n) is 20.4. The molecular formula is C28H35N5O2. The van der Waals surface area contributed by atoms with E-state index in [0.29, 0.717) is 30.1 Å². The summed E-state index contributed by atoms with van der Waals surface area (Å²) < 4.78 is 1.71. The number of nitrogens with zero attached hydrogens (tertiary/aromatic N) is 4. The number of carbonyl (C=O) groups excluding carboxylic acids is 1. The van der Waals surface area contributed by atoms with Gasteiger partial charge in [-0.15, -0.1) is 0 Å². The number of anilines is 1. The number of hydrogen-bond donors (Lipinski definition) is 1. The SMILES string of the molecule is O=C(NC1CCCCCCC1)[C@H]1CCCN(c2nc3cccnc3n(Cc3ccccc3)c2=O)C1. The summed E-state index contributed by atoms with van der Waals surface area (Å²) in [5, 5.41) is 3.34. The molecule has 5 rings (SSSR count). The van der Waals surface area contributed by atoms with Gasteiger partial charge in [-0.2, -0.15) is 0 Å². The number of aromatic nitrogens is 3. The van der Waals surface area contributed by atoms with Crippen molar-refractivity contribution in [2.45, 2.75) is 70.4 Å². The molecule has 2 fully saturated rings. The number of piperidine rings is 1. The summed E-state index contributed by atoms with van der Waals surface area (Å²) in [5.74, 6) is 0.430. The van der Waals surface area contributed by atoms with E-state index in [-0.39, 0.29) is 23.4 Å². The molecule has 0 radical (unpaired) electrons. The fourth-order valence-corrected chi connectivity index (χ4v) is 5.48. The van der Waals surface area contributed by atoms with Crippen LogP contribution in [0.5, 0.6) is 0 Å². The van der Waals surface area contributed by atoms with E-state index in [2.05, 4.69) is 10.3 Å². The van der Waals surface area contributed by atoms with Crippen LogP contribution in [0, 0.1) is 5.92 Å². The minimum absolute atomic E-state index is 0.123. The van der Waals surface area contributed by atoms with Gasteiger partial charge in [-0.25, -0.2) is 9.97 Å². The third kappa shape index (κ3) is 5.55. The highest BCUT2D eigenvalue weighted by molar-refractivity contribution is 5.80. The molecule has 0 bridgehead atoms. The van der Waals surface area contributed by atoms with Crippen molar-refractivity contribution >= 4 is 22.9 Å². The number of fused-ring (bicyclic) bond motifs is 1. The highest BCUT2D eigenvalue weighted by atomic mass is 16.2. The third-order valence-corrected chi connectivity index (χ3v) is 7.41. The van der Waals surface area contributed by atoms with Gasteiger partial charge in [0.25, 0.3) is 5.56 Å². The van der Waals surface area contributed by atoms with Crippen LogP contribution in [0.3, 0.4) is 0 Å². The first-order valence-electron chi connectivity index (χ1n) is 13.1. The van der Waals surface area contributed by atoms with Crippen molar-refractivity contribution in [2.75, 3.05) is 18.0 Å². The average molecular weight is 474 g/mol. The molecule has 1 saturated heterocycles. The van der Waals surface area contributed by atoms with Gasteiger partial charge in [-0.05, 0) is 43.4 Å². The topological polar surface area (TPSA) is 80.1 Å². The minimum Gasteiger partial charge on any atom is -0.353 e. The average Bonchev–Trinajstić information content (AvgIpc) is 2.88. The number of nitrogens with one attached hydrogen (secondary N) is 1. The number of benzene rings is 1. The van der Waals surface area contributed by atoms with Gasteiger partial charge < -0.3 is 10.2 Å². The lowest BCUT2D eigenvalue weighted by Gasteiger charge is -2.33. The molecule has 2 aliphatic rings. The molecule has 7 heteroatoms. The first-order valence-corrected chi connectivity index (χ1v) is 13.1. The molecule has 1 amide bonds. The van der Waals surface area contributed by atoms with Gasteiger partial charge in [-0.3, -0.25) is 14.2 Å². The Balaban J connectivity index is 1.38. The number of amides is 1. The van der Waals surface area contributed by atoms with Crippen LogP contribution in [-0.4, -0.2) is 39.6 Å². The van der Waals surface area contributed by atoms with E-state index >= 15 is 0 Å². The Morgan fingerprint density at radius 2 is 1.71 bits per heavy atom. The van der Waals surface area contributed by atoms with Crippen LogP contribution >= 0.6 is 0 Å². The summed E-state index contributed by atoms with van der Waals surface area (Å²) in [6, 6.07) is 14.0. The molecular weight excluding hydrogens is 438 g/mol. The molecule has 3 aromatic rings. The lowest BCUT2D eigenvalue weighted by Crippen LogP contribution is -2.47. The highest BCUT2D eigenvalue weighted by Crippen LogP contribution is 2.23. The highest BCUT2D eigenvalue weighted by Gasteiger charge is 2.30. The molecule has 3 heterocycles. The van der Waals surface area contributed by atoms with Crippen molar-refractivity contribution in [3.63, 3.8) is 0 Å². The van der Waals surface area contributed by atoms with E-state index in [9.17, 15) is 9.59 Å². The summed E-state index contributed by atoms with van der Waals surface area (Å²) in [4.78, 5) is 38.1. The summed E-state index contributed by atoms with van der Waals surface area (Å²) in [6.45, 7) is 1.69. The van der Waals surface area contributed by atoms with Gasteiger partial charge >= 0.3 is 0 Å². The van der Waals surface area contributed by atoms with Crippen molar-refractivity contribution < 1.29 is 4.79 Å². The van der Waals surface area contributed by atoms with E-state index in [1.54, 1.807) is 10.8 Å². The second-order valence-electron chi connectivity index (χ2n) is 9.99. The molecule has 1 aliphatic carbocycles. The van der Waals surface area contributed by atoms with Crippen LogP contribution in [0.25, 0.3) is 11.2 Å². The molecule has 0 unspecified atom stereocenters. The first-order chi connectivity index (χ1) is 17.2. The van der Waals surface area contributed by atoms with E-state index in [0.717, 1.165) is 37.8 Å². The lowest BCUT2D eigenvalue weighted by atomic mass is 9.94. The molecule has 1 saturated carbocycles. The Morgan fingerprint density at radius 1 is 0.943 bits per heavy atom. The molecule has 1 aliphatic heterocycles. The molecule has 1 atom stereocenters. The van der Waals surface area contributed by atoms with Gasteiger partial charge in [0.2, 0.25) is 5.91 Å². The van der Waals surface area contributed by atoms with Crippen LogP contribution in [0.2, 0.25) is 0 Å². The molecule has 7 nitrogen and oxygen atoms in total. The second-order valence-corrected chi connectivity index (χ2v) is 9.99. The second kappa shape index (κ2) is 11.0. The molecule has 1 aromatic carbocycles.